The van der Waals surface area contributed by atoms with E-state index in [2.05, 4.69) is 15.2 Å². The number of carbonyl (C=O) groups is 4. The van der Waals surface area contributed by atoms with E-state index in [1.807, 2.05) is 12.1 Å². The fraction of sp³-hybridized carbons (Fsp3) is 0.429. The number of pyridine rings is 1. The van der Waals surface area contributed by atoms with Crippen molar-refractivity contribution in [2.75, 3.05) is 24.5 Å². The van der Waals surface area contributed by atoms with Crippen molar-refractivity contribution in [3.05, 3.63) is 42.0 Å². The van der Waals surface area contributed by atoms with Gasteiger partial charge in [0.2, 0.25) is 5.91 Å². The minimum Gasteiger partial charge on any atom is -0.475 e. The molecule has 182 valence electrons. The molecular formula is C21H22F3N5O5. The molecule has 2 aromatic rings. The van der Waals surface area contributed by atoms with Gasteiger partial charge in [0.15, 0.2) is 5.78 Å². The molecule has 2 aliphatic rings. The predicted octanol–water partition coefficient (Wildman–Crippen LogP) is 2.30. The summed E-state index contributed by atoms with van der Waals surface area (Å²) >= 11 is 0. The van der Waals surface area contributed by atoms with Crippen LogP contribution in [0.15, 0.2) is 30.6 Å². The second-order valence-corrected chi connectivity index (χ2v) is 8.05. The SMILES string of the molecule is CC(=O)c1cc(C(=O)N2CCCC3(CCN(c4cccnc4)C3=O)C2)[nH]n1.O=C(O)C(F)(F)F. The van der Waals surface area contributed by atoms with Gasteiger partial charge in [0.05, 0.1) is 17.3 Å². The highest BCUT2D eigenvalue weighted by atomic mass is 19.4. The van der Waals surface area contributed by atoms with Crippen molar-refractivity contribution in [1.29, 1.82) is 0 Å². The molecule has 0 aliphatic carbocycles. The van der Waals surface area contributed by atoms with E-state index in [9.17, 15) is 27.6 Å². The van der Waals surface area contributed by atoms with Crippen LogP contribution in [0, 0.1) is 5.41 Å². The van der Waals surface area contributed by atoms with Gasteiger partial charge in [0.25, 0.3) is 5.91 Å². The number of rotatable bonds is 3. The molecule has 0 radical (unpaired) electrons. The number of likely N-dealkylation sites (tertiary alicyclic amines) is 1. The van der Waals surface area contributed by atoms with Gasteiger partial charge < -0.3 is 14.9 Å². The lowest BCUT2D eigenvalue weighted by Crippen LogP contribution is -2.50. The summed E-state index contributed by atoms with van der Waals surface area (Å²) in [7, 11) is 0. The molecule has 0 aromatic carbocycles. The van der Waals surface area contributed by atoms with Gasteiger partial charge in [-0.3, -0.25) is 24.5 Å². The van der Waals surface area contributed by atoms with Crippen LogP contribution in [0.25, 0.3) is 0 Å². The van der Waals surface area contributed by atoms with Gasteiger partial charge >= 0.3 is 12.1 Å². The molecule has 0 saturated carbocycles. The third-order valence-electron chi connectivity index (χ3n) is 5.75. The average molecular weight is 481 g/mol. The molecular weight excluding hydrogens is 459 g/mol. The number of hydrogen-bond donors (Lipinski definition) is 2. The van der Waals surface area contributed by atoms with Crippen molar-refractivity contribution in [3.63, 3.8) is 0 Å². The Labute approximate surface area is 191 Å². The van der Waals surface area contributed by atoms with E-state index in [-0.39, 0.29) is 29.0 Å². The number of nitrogens with zero attached hydrogens (tertiary/aromatic N) is 4. The molecule has 4 rings (SSSR count). The molecule has 34 heavy (non-hydrogen) atoms. The molecule has 0 bridgehead atoms. The number of H-pyrrole nitrogens is 1. The lowest BCUT2D eigenvalue weighted by Gasteiger charge is -2.38. The molecule has 10 nitrogen and oxygen atoms in total. The quantitative estimate of drug-likeness (QED) is 0.642. The Morgan fingerprint density at radius 1 is 1.21 bits per heavy atom. The smallest absolute Gasteiger partial charge is 0.475 e. The zero-order valence-electron chi connectivity index (χ0n) is 18.1. The van der Waals surface area contributed by atoms with Crippen LogP contribution in [0.4, 0.5) is 18.9 Å². The maximum absolute atomic E-state index is 13.2. The van der Waals surface area contributed by atoms with E-state index in [1.54, 1.807) is 22.2 Å². The van der Waals surface area contributed by atoms with Crippen LogP contribution in [0.2, 0.25) is 0 Å². The van der Waals surface area contributed by atoms with Gasteiger partial charge in [-0.25, -0.2) is 4.79 Å². The molecule has 1 unspecified atom stereocenters. The molecule has 4 heterocycles. The molecule has 1 spiro atoms. The summed E-state index contributed by atoms with van der Waals surface area (Å²) in [4.78, 5) is 53.9. The fourth-order valence-electron chi connectivity index (χ4n) is 4.05. The molecule has 2 aliphatic heterocycles. The van der Waals surface area contributed by atoms with Gasteiger partial charge in [-0.15, -0.1) is 0 Å². The number of ketones is 1. The first-order valence-corrected chi connectivity index (χ1v) is 10.3. The van der Waals surface area contributed by atoms with Crippen molar-refractivity contribution >= 4 is 29.3 Å². The molecule has 1 atom stereocenters. The minimum absolute atomic E-state index is 0.0574. The number of Topliss-reactive ketones (excluding diaryl/α,β-unsaturated/α-hetero) is 1. The summed E-state index contributed by atoms with van der Waals surface area (Å²) in [6.07, 6.45) is 0.545. The van der Waals surface area contributed by atoms with Gasteiger partial charge in [-0.2, -0.15) is 18.3 Å². The van der Waals surface area contributed by atoms with Crippen molar-refractivity contribution in [2.45, 2.75) is 32.4 Å². The van der Waals surface area contributed by atoms with Crippen molar-refractivity contribution in [3.8, 4) is 0 Å². The number of carboxylic acid groups (broad SMARTS) is 1. The number of amides is 2. The van der Waals surface area contributed by atoms with Gasteiger partial charge in [0, 0.05) is 32.8 Å². The number of alkyl halides is 3. The Morgan fingerprint density at radius 3 is 2.47 bits per heavy atom. The first kappa shape index (κ1) is 24.9. The van der Waals surface area contributed by atoms with Crippen molar-refractivity contribution in [1.82, 2.24) is 20.1 Å². The summed E-state index contributed by atoms with van der Waals surface area (Å²) in [6, 6.07) is 5.17. The molecule has 2 amide bonds. The zero-order chi connectivity index (χ0) is 25.1. The molecule has 2 fully saturated rings. The van der Waals surface area contributed by atoms with E-state index in [0.717, 1.165) is 18.5 Å². The minimum atomic E-state index is -5.08. The standard InChI is InChI=1S/C19H21N5O3.C2HF3O2/c1-13(25)15-10-16(22-21-15)17(26)23-8-3-5-19(12-23)6-9-24(18(19)27)14-4-2-7-20-11-14;3-2(4,5)1(6)7/h2,4,7,10-11H,3,5-6,8-9,12H2,1H3,(H,21,22);(H,6,7). The highest BCUT2D eigenvalue weighted by molar-refractivity contribution is 6.01. The summed E-state index contributed by atoms with van der Waals surface area (Å²) in [6.45, 7) is 3.01. The number of carbonyl (C=O) groups excluding carboxylic acids is 3. The Kier molecular flexibility index (Phi) is 7.03. The van der Waals surface area contributed by atoms with Gasteiger partial charge in [-0.1, -0.05) is 0 Å². The van der Waals surface area contributed by atoms with Gasteiger partial charge in [-0.05, 0) is 37.5 Å². The van der Waals surface area contributed by atoms with E-state index in [4.69, 9.17) is 9.90 Å². The number of anilines is 1. The van der Waals surface area contributed by atoms with Crippen LogP contribution >= 0.6 is 0 Å². The fourth-order valence-corrected chi connectivity index (χ4v) is 4.05. The van der Waals surface area contributed by atoms with E-state index in [1.165, 1.54) is 13.0 Å². The largest absolute Gasteiger partial charge is 0.490 e. The molecule has 2 N–H and O–H groups in total. The number of piperidine rings is 1. The summed E-state index contributed by atoms with van der Waals surface area (Å²) in [5.41, 5.74) is 0.770. The maximum atomic E-state index is 13.2. The normalized spacial score (nSPS) is 20.2. The monoisotopic (exact) mass is 481 g/mol. The first-order valence-electron chi connectivity index (χ1n) is 10.3. The Hall–Kier alpha value is -3.77. The Balaban J connectivity index is 0.000000406. The van der Waals surface area contributed by atoms with Crippen LogP contribution in [-0.2, 0) is 9.59 Å². The second-order valence-electron chi connectivity index (χ2n) is 8.05. The number of aromatic amines is 1. The third kappa shape index (κ3) is 5.24. The summed E-state index contributed by atoms with van der Waals surface area (Å²) < 4.78 is 31.7. The predicted molar refractivity (Wildman–Crippen MR) is 111 cm³/mol. The van der Waals surface area contributed by atoms with E-state index < -0.39 is 17.6 Å². The highest BCUT2D eigenvalue weighted by Gasteiger charge is 2.50. The van der Waals surface area contributed by atoms with Crippen LogP contribution < -0.4 is 4.90 Å². The lowest BCUT2D eigenvalue weighted by atomic mass is 9.78. The number of carboxylic acids is 1. The van der Waals surface area contributed by atoms with Crippen LogP contribution in [-0.4, -0.2) is 74.6 Å². The number of aliphatic carboxylic acids is 1. The zero-order valence-corrected chi connectivity index (χ0v) is 18.1. The van der Waals surface area contributed by atoms with Gasteiger partial charge in [0.1, 0.15) is 11.4 Å². The molecule has 2 aromatic heterocycles. The molecule has 13 heteroatoms. The third-order valence-corrected chi connectivity index (χ3v) is 5.75. The van der Waals surface area contributed by atoms with E-state index >= 15 is 0 Å². The van der Waals surface area contributed by atoms with E-state index in [0.29, 0.717) is 26.1 Å². The second kappa shape index (κ2) is 9.61. The number of nitrogens with one attached hydrogen (secondary N) is 1. The van der Waals surface area contributed by atoms with Crippen LogP contribution in [0.1, 0.15) is 47.2 Å². The Bertz CT molecular complexity index is 1090. The van der Waals surface area contributed by atoms with Crippen LogP contribution in [0.3, 0.4) is 0 Å². The summed E-state index contributed by atoms with van der Waals surface area (Å²) in [5, 5.41) is 13.7. The van der Waals surface area contributed by atoms with Crippen molar-refractivity contribution < 1.29 is 37.5 Å². The average Bonchev–Trinajstić information content (AvgIpc) is 3.40. The van der Waals surface area contributed by atoms with Crippen molar-refractivity contribution in [2.24, 2.45) is 5.41 Å². The first-order chi connectivity index (χ1) is 15.9. The summed E-state index contributed by atoms with van der Waals surface area (Å²) in [5.74, 6) is -3.12. The Morgan fingerprint density at radius 2 is 1.91 bits per heavy atom. The highest BCUT2D eigenvalue weighted by Crippen LogP contribution is 2.42. The maximum Gasteiger partial charge on any atom is 0.490 e. The number of halogens is 3. The number of aromatic nitrogens is 3. The molecule has 2 saturated heterocycles. The van der Waals surface area contributed by atoms with Crippen LogP contribution in [0.5, 0.6) is 0 Å². The lowest BCUT2D eigenvalue weighted by molar-refractivity contribution is -0.192. The topological polar surface area (TPSA) is 137 Å². The number of hydrogen-bond acceptors (Lipinski definition) is 6.